The Bertz CT molecular complexity index is 526. The second kappa shape index (κ2) is 6.67. The van der Waals surface area contributed by atoms with Gasteiger partial charge in [0, 0.05) is 5.56 Å². The highest BCUT2D eigenvalue weighted by atomic mass is 35.5. The van der Waals surface area contributed by atoms with E-state index in [2.05, 4.69) is 11.8 Å². The van der Waals surface area contributed by atoms with Crippen LogP contribution >= 0.6 is 11.6 Å². The van der Waals surface area contributed by atoms with Crippen LogP contribution in [0.5, 0.6) is 0 Å². The molecule has 5 heteroatoms. The first-order valence-corrected chi connectivity index (χ1v) is 5.59. The molecule has 1 N–H and O–H groups in total. The third-order valence-corrected chi connectivity index (χ3v) is 2.30. The molecule has 0 aliphatic heterocycles. The molecule has 4 nitrogen and oxygen atoms in total. The SMILES string of the molecule is CCOC(=O)CC#Cc1ccc(Cl)c(C(=O)O)c1. The second-order valence-corrected chi connectivity index (χ2v) is 3.69. The lowest BCUT2D eigenvalue weighted by atomic mass is 10.1. The van der Waals surface area contributed by atoms with Crippen LogP contribution in [0, 0.1) is 11.8 Å². The van der Waals surface area contributed by atoms with Crippen molar-refractivity contribution in [1.29, 1.82) is 0 Å². The highest BCUT2D eigenvalue weighted by Crippen LogP contribution is 2.17. The third-order valence-electron chi connectivity index (χ3n) is 1.97. The van der Waals surface area contributed by atoms with E-state index in [-0.39, 0.29) is 17.0 Å². The van der Waals surface area contributed by atoms with Gasteiger partial charge in [-0.15, -0.1) is 0 Å². The van der Waals surface area contributed by atoms with Crippen LogP contribution in [-0.2, 0) is 9.53 Å². The number of benzene rings is 1. The largest absolute Gasteiger partial charge is 0.478 e. The monoisotopic (exact) mass is 266 g/mol. The Morgan fingerprint density at radius 3 is 2.78 bits per heavy atom. The van der Waals surface area contributed by atoms with Gasteiger partial charge in [-0.3, -0.25) is 4.79 Å². The van der Waals surface area contributed by atoms with Gasteiger partial charge < -0.3 is 9.84 Å². The van der Waals surface area contributed by atoms with Crippen LogP contribution in [0.25, 0.3) is 0 Å². The number of hydrogen-bond donors (Lipinski definition) is 1. The molecular weight excluding hydrogens is 256 g/mol. The highest BCUT2D eigenvalue weighted by Gasteiger charge is 2.08. The first-order valence-electron chi connectivity index (χ1n) is 5.22. The van der Waals surface area contributed by atoms with E-state index >= 15 is 0 Å². The van der Waals surface area contributed by atoms with Crippen molar-refractivity contribution in [2.75, 3.05) is 6.61 Å². The topological polar surface area (TPSA) is 63.6 Å². The molecule has 1 rings (SSSR count). The normalized spacial score (nSPS) is 9.22. The van der Waals surface area contributed by atoms with Gasteiger partial charge in [0.25, 0.3) is 0 Å². The minimum atomic E-state index is -1.12. The molecule has 0 spiro atoms. The van der Waals surface area contributed by atoms with Gasteiger partial charge in [-0.1, -0.05) is 23.4 Å². The van der Waals surface area contributed by atoms with E-state index in [0.717, 1.165) is 0 Å². The van der Waals surface area contributed by atoms with Gasteiger partial charge in [-0.25, -0.2) is 4.79 Å². The Hall–Kier alpha value is -1.99. The fourth-order valence-corrected chi connectivity index (χ4v) is 1.40. The quantitative estimate of drug-likeness (QED) is 0.674. The first kappa shape index (κ1) is 14.1. The highest BCUT2D eigenvalue weighted by molar-refractivity contribution is 6.33. The molecule has 0 heterocycles. The van der Waals surface area contributed by atoms with Crippen LogP contribution in [0.15, 0.2) is 18.2 Å². The zero-order valence-corrected chi connectivity index (χ0v) is 10.5. The molecule has 0 fully saturated rings. The minimum absolute atomic E-state index is 0.0143. The number of halogens is 1. The molecule has 94 valence electrons. The molecule has 0 saturated carbocycles. The van der Waals surface area contributed by atoms with Gasteiger partial charge in [-0.05, 0) is 25.1 Å². The molecule has 0 radical (unpaired) electrons. The molecule has 1 aromatic rings. The summed E-state index contributed by atoms with van der Waals surface area (Å²) < 4.78 is 4.70. The maximum absolute atomic E-state index is 11.0. The average Bonchev–Trinajstić information content (AvgIpc) is 2.31. The number of esters is 1. The van der Waals surface area contributed by atoms with Crippen molar-refractivity contribution >= 4 is 23.5 Å². The summed E-state index contributed by atoms with van der Waals surface area (Å²) in [5.41, 5.74) is 0.473. The summed E-state index contributed by atoms with van der Waals surface area (Å²) in [6.07, 6.45) is -0.0289. The lowest BCUT2D eigenvalue weighted by molar-refractivity contribution is -0.141. The van der Waals surface area contributed by atoms with Gasteiger partial charge in [0.15, 0.2) is 0 Å². The fourth-order valence-electron chi connectivity index (χ4n) is 1.20. The van der Waals surface area contributed by atoms with Gasteiger partial charge >= 0.3 is 11.9 Å². The van der Waals surface area contributed by atoms with Crippen LogP contribution in [0.1, 0.15) is 29.3 Å². The maximum Gasteiger partial charge on any atom is 0.337 e. The second-order valence-electron chi connectivity index (χ2n) is 3.28. The Morgan fingerprint density at radius 2 is 2.17 bits per heavy atom. The molecule has 0 saturated heterocycles. The Kier molecular flexibility index (Phi) is 5.22. The van der Waals surface area contributed by atoms with E-state index in [1.54, 1.807) is 13.0 Å². The fraction of sp³-hybridized carbons (Fsp3) is 0.231. The van der Waals surface area contributed by atoms with Gasteiger partial charge in [-0.2, -0.15) is 0 Å². The van der Waals surface area contributed by atoms with Crippen LogP contribution in [-0.4, -0.2) is 23.7 Å². The van der Waals surface area contributed by atoms with Crippen molar-refractivity contribution < 1.29 is 19.4 Å². The van der Waals surface area contributed by atoms with Crippen molar-refractivity contribution in [2.24, 2.45) is 0 Å². The van der Waals surface area contributed by atoms with E-state index < -0.39 is 11.9 Å². The molecule has 0 aliphatic rings. The van der Waals surface area contributed by atoms with Crippen molar-refractivity contribution in [1.82, 2.24) is 0 Å². The summed E-state index contributed by atoms with van der Waals surface area (Å²) in [6, 6.07) is 4.41. The van der Waals surface area contributed by atoms with E-state index in [9.17, 15) is 9.59 Å². The smallest absolute Gasteiger partial charge is 0.337 e. The van der Waals surface area contributed by atoms with Crippen LogP contribution in [0.3, 0.4) is 0 Å². The van der Waals surface area contributed by atoms with Gasteiger partial charge in [0.05, 0.1) is 17.2 Å². The zero-order valence-electron chi connectivity index (χ0n) is 9.70. The number of rotatable bonds is 3. The van der Waals surface area contributed by atoms with Crippen molar-refractivity contribution in [3.8, 4) is 11.8 Å². The molecule has 18 heavy (non-hydrogen) atoms. The zero-order chi connectivity index (χ0) is 13.5. The lowest BCUT2D eigenvalue weighted by Crippen LogP contribution is -2.01. The van der Waals surface area contributed by atoms with Crippen molar-refractivity contribution in [3.05, 3.63) is 34.3 Å². The standard InChI is InChI=1S/C13H11ClO4/c1-2-18-12(15)5-3-4-9-6-7-11(14)10(8-9)13(16)17/h6-8H,2,5H2,1H3,(H,16,17). The predicted molar refractivity (Wildman–Crippen MR) is 66.5 cm³/mol. The van der Waals surface area contributed by atoms with E-state index in [0.29, 0.717) is 12.2 Å². The molecule has 0 bridgehead atoms. The lowest BCUT2D eigenvalue weighted by Gasteiger charge is -1.98. The average molecular weight is 267 g/mol. The molecule has 1 aromatic carbocycles. The summed E-state index contributed by atoms with van der Waals surface area (Å²) in [5, 5.41) is 9.02. The first-order chi connectivity index (χ1) is 8.54. The Labute approximate surface area is 110 Å². The number of carbonyl (C=O) groups excluding carboxylic acids is 1. The number of carboxylic acids is 1. The number of ether oxygens (including phenoxy) is 1. The van der Waals surface area contributed by atoms with Crippen molar-refractivity contribution in [2.45, 2.75) is 13.3 Å². The summed E-state index contributed by atoms with van der Waals surface area (Å²) >= 11 is 5.71. The number of hydrogen-bond acceptors (Lipinski definition) is 3. The summed E-state index contributed by atoms with van der Waals surface area (Å²) in [7, 11) is 0. The van der Waals surface area contributed by atoms with E-state index in [1.807, 2.05) is 0 Å². The summed E-state index contributed by atoms with van der Waals surface area (Å²) in [5.74, 6) is 3.77. The van der Waals surface area contributed by atoms with E-state index in [4.69, 9.17) is 21.4 Å². The van der Waals surface area contributed by atoms with Gasteiger partial charge in [0.2, 0.25) is 0 Å². The van der Waals surface area contributed by atoms with Crippen LogP contribution in [0.2, 0.25) is 5.02 Å². The number of carboxylic acid groups (broad SMARTS) is 1. The third kappa shape index (κ3) is 4.11. The molecule has 0 unspecified atom stereocenters. The summed E-state index contributed by atoms with van der Waals surface area (Å²) in [6.45, 7) is 2.02. The van der Waals surface area contributed by atoms with Gasteiger partial charge in [0.1, 0.15) is 6.42 Å². The summed E-state index contributed by atoms with van der Waals surface area (Å²) in [4.78, 5) is 21.9. The molecule has 0 amide bonds. The maximum atomic E-state index is 11.0. The Morgan fingerprint density at radius 1 is 1.44 bits per heavy atom. The molecule has 0 aromatic heterocycles. The molecule has 0 atom stereocenters. The minimum Gasteiger partial charge on any atom is -0.478 e. The number of aromatic carboxylic acids is 1. The van der Waals surface area contributed by atoms with Crippen molar-refractivity contribution in [3.63, 3.8) is 0 Å². The van der Waals surface area contributed by atoms with Crippen LogP contribution < -0.4 is 0 Å². The Balaban J connectivity index is 2.80. The van der Waals surface area contributed by atoms with E-state index in [1.165, 1.54) is 12.1 Å². The molecule has 0 aliphatic carbocycles. The molecular formula is C13H11ClO4. The predicted octanol–water partition coefficient (Wildman–Crippen LogP) is 2.34. The number of carbonyl (C=O) groups is 2. The van der Waals surface area contributed by atoms with Crippen LogP contribution in [0.4, 0.5) is 0 Å².